The second-order valence-electron chi connectivity index (χ2n) is 4.63. The highest BCUT2D eigenvalue weighted by molar-refractivity contribution is 5.92. The molecule has 114 valence electrons. The molecular formula is C16H22N2O3. The minimum Gasteiger partial charge on any atom is -0.497 e. The average Bonchev–Trinajstić information content (AvgIpc) is 2.53. The number of fused-ring (bicyclic) bond motifs is 1. The van der Waals surface area contributed by atoms with Crippen LogP contribution in [0.25, 0.3) is 10.8 Å². The second kappa shape index (κ2) is 8.44. The van der Waals surface area contributed by atoms with Gasteiger partial charge in [-0.3, -0.25) is 0 Å². The van der Waals surface area contributed by atoms with Crippen molar-refractivity contribution in [1.29, 1.82) is 0 Å². The Morgan fingerprint density at radius 1 is 1.10 bits per heavy atom. The Kier molecular flexibility index (Phi) is 6.24. The zero-order valence-corrected chi connectivity index (χ0v) is 12.6. The first kappa shape index (κ1) is 15.5. The molecular weight excluding hydrogens is 268 g/mol. The quantitative estimate of drug-likeness (QED) is 0.720. The van der Waals surface area contributed by atoms with Crippen molar-refractivity contribution >= 4 is 16.6 Å². The third-order valence-electron chi connectivity index (χ3n) is 3.16. The van der Waals surface area contributed by atoms with Crippen molar-refractivity contribution in [1.82, 2.24) is 4.98 Å². The summed E-state index contributed by atoms with van der Waals surface area (Å²) in [5.74, 6) is 1.75. The van der Waals surface area contributed by atoms with Crippen LogP contribution in [0.5, 0.6) is 5.75 Å². The molecule has 2 rings (SSSR count). The number of ether oxygens (including phenoxy) is 3. The molecule has 1 aromatic heterocycles. The number of benzene rings is 1. The summed E-state index contributed by atoms with van der Waals surface area (Å²) in [4.78, 5) is 4.40. The second-order valence-corrected chi connectivity index (χ2v) is 4.63. The standard InChI is InChI=1S/C16H22N2O3/c1-19-10-11-21-9-3-7-17-16-15-5-4-14(20-2)12-13(15)6-8-18-16/h4-6,8,12H,3,7,9-11H2,1-2H3,(H,17,18). The molecule has 0 amide bonds. The van der Waals surface area contributed by atoms with Crippen molar-refractivity contribution in [3.8, 4) is 5.75 Å². The van der Waals surface area contributed by atoms with E-state index in [-0.39, 0.29) is 0 Å². The first-order valence-electron chi connectivity index (χ1n) is 7.08. The number of hydrogen-bond donors (Lipinski definition) is 1. The lowest BCUT2D eigenvalue weighted by Crippen LogP contribution is -2.09. The summed E-state index contributed by atoms with van der Waals surface area (Å²) in [5.41, 5.74) is 0. The van der Waals surface area contributed by atoms with Crippen molar-refractivity contribution in [3.63, 3.8) is 0 Å². The molecule has 0 spiro atoms. The molecule has 0 aliphatic carbocycles. The van der Waals surface area contributed by atoms with Crippen LogP contribution < -0.4 is 10.1 Å². The van der Waals surface area contributed by atoms with Gasteiger partial charge in [0, 0.05) is 31.8 Å². The summed E-state index contributed by atoms with van der Waals surface area (Å²) in [6.07, 6.45) is 2.73. The van der Waals surface area contributed by atoms with Crippen molar-refractivity contribution < 1.29 is 14.2 Å². The summed E-state index contributed by atoms with van der Waals surface area (Å²) >= 11 is 0. The molecule has 0 aliphatic heterocycles. The minimum absolute atomic E-state index is 0.639. The third kappa shape index (κ3) is 4.58. The molecule has 2 aromatic rings. The van der Waals surface area contributed by atoms with Gasteiger partial charge in [0.25, 0.3) is 0 Å². The molecule has 0 fully saturated rings. The van der Waals surface area contributed by atoms with Gasteiger partial charge in [0.2, 0.25) is 0 Å². The predicted molar refractivity (Wildman–Crippen MR) is 84.1 cm³/mol. The molecule has 1 N–H and O–H groups in total. The van der Waals surface area contributed by atoms with E-state index in [1.165, 1.54) is 0 Å². The van der Waals surface area contributed by atoms with E-state index >= 15 is 0 Å². The molecule has 0 bridgehead atoms. The Bertz CT molecular complexity index is 560. The van der Waals surface area contributed by atoms with Gasteiger partial charge in [0.1, 0.15) is 11.6 Å². The summed E-state index contributed by atoms with van der Waals surface area (Å²) < 4.78 is 15.6. The molecule has 1 aromatic carbocycles. The Hall–Kier alpha value is -1.85. The van der Waals surface area contributed by atoms with Crippen LogP contribution in [0, 0.1) is 0 Å². The van der Waals surface area contributed by atoms with Gasteiger partial charge < -0.3 is 19.5 Å². The SMILES string of the molecule is COCCOCCCNc1nccc2cc(OC)ccc12. The molecule has 1 heterocycles. The zero-order chi connectivity index (χ0) is 14.9. The predicted octanol–water partition coefficient (Wildman–Crippen LogP) is 2.71. The van der Waals surface area contributed by atoms with E-state index < -0.39 is 0 Å². The zero-order valence-electron chi connectivity index (χ0n) is 12.6. The van der Waals surface area contributed by atoms with Gasteiger partial charge in [-0.05, 0) is 36.1 Å². The maximum atomic E-state index is 5.43. The first-order chi connectivity index (χ1) is 10.3. The molecule has 5 nitrogen and oxygen atoms in total. The molecule has 0 atom stereocenters. The largest absolute Gasteiger partial charge is 0.497 e. The molecule has 0 saturated heterocycles. The number of nitrogens with zero attached hydrogens (tertiary/aromatic N) is 1. The van der Waals surface area contributed by atoms with Gasteiger partial charge in [0.15, 0.2) is 0 Å². The van der Waals surface area contributed by atoms with E-state index in [0.717, 1.165) is 41.9 Å². The van der Waals surface area contributed by atoms with Gasteiger partial charge in [-0.2, -0.15) is 0 Å². The highest BCUT2D eigenvalue weighted by Crippen LogP contribution is 2.25. The van der Waals surface area contributed by atoms with Gasteiger partial charge in [-0.15, -0.1) is 0 Å². The summed E-state index contributed by atoms with van der Waals surface area (Å²) in [6, 6.07) is 7.97. The van der Waals surface area contributed by atoms with Crippen LogP contribution in [0.3, 0.4) is 0 Å². The fraction of sp³-hybridized carbons (Fsp3) is 0.438. The van der Waals surface area contributed by atoms with Crippen molar-refractivity contribution in [2.75, 3.05) is 45.9 Å². The van der Waals surface area contributed by atoms with Gasteiger partial charge in [-0.25, -0.2) is 4.98 Å². The highest BCUT2D eigenvalue weighted by atomic mass is 16.5. The van der Waals surface area contributed by atoms with Crippen LogP contribution >= 0.6 is 0 Å². The van der Waals surface area contributed by atoms with Crippen LogP contribution in [0.4, 0.5) is 5.82 Å². The van der Waals surface area contributed by atoms with Crippen molar-refractivity contribution in [2.24, 2.45) is 0 Å². The average molecular weight is 290 g/mol. The molecule has 5 heteroatoms. The van der Waals surface area contributed by atoms with Crippen LogP contribution in [0.15, 0.2) is 30.5 Å². The normalized spacial score (nSPS) is 10.8. The van der Waals surface area contributed by atoms with Crippen LogP contribution in [-0.4, -0.2) is 45.6 Å². The number of nitrogens with one attached hydrogen (secondary N) is 1. The Labute approximate surface area is 125 Å². The lowest BCUT2D eigenvalue weighted by molar-refractivity contribution is 0.0705. The number of methoxy groups -OCH3 is 2. The number of anilines is 1. The Morgan fingerprint density at radius 2 is 2.00 bits per heavy atom. The van der Waals surface area contributed by atoms with Crippen molar-refractivity contribution in [2.45, 2.75) is 6.42 Å². The minimum atomic E-state index is 0.639. The molecule has 0 unspecified atom stereocenters. The fourth-order valence-electron chi connectivity index (χ4n) is 2.05. The molecule has 0 aliphatic rings. The van der Waals surface area contributed by atoms with E-state index in [1.54, 1.807) is 20.4 Å². The van der Waals surface area contributed by atoms with Crippen molar-refractivity contribution in [3.05, 3.63) is 30.5 Å². The van der Waals surface area contributed by atoms with E-state index in [0.29, 0.717) is 13.2 Å². The number of pyridine rings is 1. The number of aromatic nitrogens is 1. The van der Waals surface area contributed by atoms with Gasteiger partial charge in [-0.1, -0.05) is 0 Å². The van der Waals surface area contributed by atoms with E-state index in [4.69, 9.17) is 14.2 Å². The Balaban J connectivity index is 1.87. The third-order valence-corrected chi connectivity index (χ3v) is 3.16. The molecule has 0 saturated carbocycles. The maximum Gasteiger partial charge on any atom is 0.133 e. The number of rotatable bonds is 9. The Morgan fingerprint density at radius 3 is 2.81 bits per heavy atom. The maximum absolute atomic E-state index is 5.43. The summed E-state index contributed by atoms with van der Waals surface area (Å²) in [7, 11) is 3.34. The summed E-state index contributed by atoms with van der Waals surface area (Å²) in [6.45, 7) is 2.82. The van der Waals surface area contributed by atoms with E-state index in [1.807, 2.05) is 24.3 Å². The highest BCUT2D eigenvalue weighted by Gasteiger charge is 2.03. The van der Waals surface area contributed by atoms with Crippen LogP contribution in [0.1, 0.15) is 6.42 Å². The first-order valence-corrected chi connectivity index (χ1v) is 7.08. The lowest BCUT2D eigenvalue weighted by Gasteiger charge is -2.10. The van der Waals surface area contributed by atoms with Crippen LogP contribution in [0.2, 0.25) is 0 Å². The van der Waals surface area contributed by atoms with Crippen LogP contribution in [-0.2, 0) is 9.47 Å². The molecule has 0 radical (unpaired) electrons. The van der Waals surface area contributed by atoms with Gasteiger partial charge >= 0.3 is 0 Å². The van der Waals surface area contributed by atoms with E-state index in [9.17, 15) is 0 Å². The monoisotopic (exact) mass is 290 g/mol. The summed E-state index contributed by atoms with van der Waals surface area (Å²) in [5, 5.41) is 5.56. The van der Waals surface area contributed by atoms with Gasteiger partial charge in [0.05, 0.1) is 20.3 Å². The lowest BCUT2D eigenvalue weighted by atomic mass is 10.1. The smallest absolute Gasteiger partial charge is 0.133 e. The topological polar surface area (TPSA) is 52.6 Å². The van der Waals surface area contributed by atoms with E-state index in [2.05, 4.69) is 10.3 Å². The molecule has 21 heavy (non-hydrogen) atoms. The fourth-order valence-corrected chi connectivity index (χ4v) is 2.05. The number of hydrogen-bond acceptors (Lipinski definition) is 5.